The highest BCUT2D eigenvalue weighted by molar-refractivity contribution is 6.31. The van der Waals surface area contributed by atoms with Crippen molar-refractivity contribution in [2.75, 3.05) is 11.9 Å². The molecule has 0 radical (unpaired) electrons. The number of nitrogens with one attached hydrogen (secondary N) is 1. The summed E-state index contributed by atoms with van der Waals surface area (Å²) < 4.78 is 5.52. The van der Waals surface area contributed by atoms with Crippen molar-refractivity contribution in [3.8, 4) is 5.75 Å². The van der Waals surface area contributed by atoms with E-state index in [-0.39, 0.29) is 11.8 Å². The molecule has 5 heteroatoms. The fourth-order valence-corrected chi connectivity index (χ4v) is 3.15. The van der Waals surface area contributed by atoms with Crippen molar-refractivity contribution in [2.24, 2.45) is 0 Å². The number of hydrogen-bond acceptors (Lipinski definition) is 3. The van der Waals surface area contributed by atoms with Crippen LogP contribution in [0.5, 0.6) is 5.75 Å². The molecule has 1 atom stereocenters. The summed E-state index contributed by atoms with van der Waals surface area (Å²) in [7, 11) is 0. The van der Waals surface area contributed by atoms with E-state index in [4.69, 9.17) is 27.9 Å². The summed E-state index contributed by atoms with van der Waals surface area (Å²) in [5.41, 5.74) is 2.53. The first-order valence-corrected chi connectivity index (χ1v) is 9.84. The Morgan fingerprint density at radius 1 is 0.893 bits per heavy atom. The number of carbonyl (C=O) groups is 1. The number of Topliss-reactive ketones (excluding diaryl/α,β-unsaturated/α-hetero) is 1. The lowest BCUT2D eigenvalue weighted by atomic mass is 9.97. The lowest BCUT2D eigenvalue weighted by Gasteiger charge is -2.20. The Balaban J connectivity index is 1.83. The van der Waals surface area contributed by atoms with Gasteiger partial charge in [-0.1, -0.05) is 35.3 Å². The third kappa shape index (κ3) is 5.51. The van der Waals surface area contributed by atoms with E-state index < -0.39 is 0 Å². The number of hydrogen-bond donors (Lipinski definition) is 1. The van der Waals surface area contributed by atoms with Crippen molar-refractivity contribution in [3.63, 3.8) is 0 Å². The first kappa shape index (κ1) is 20.2. The van der Waals surface area contributed by atoms with Crippen LogP contribution >= 0.6 is 23.2 Å². The molecule has 0 fully saturated rings. The minimum absolute atomic E-state index is 0.0389. The first-order chi connectivity index (χ1) is 13.5. The Hall–Kier alpha value is -2.49. The van der Waals surface area contributed by atoms with Gasteiger partial charge in [0, 0.05) is 27.7 Å². The van der Waals surface area contributed by atoms with Gasteiger partial charge in [0.05, 0.1) is 12.6 Å². The molecule has 0 saturated carbocycles. The van der Waals surface area contributed by atoms with Crippen LogP contribution in [0.1, 0.15) is 35.3 Å². The third-order valence-electron chi connectivity index (χ3n) is 4.33. The summed E-state index contributed by atoms with van der Waals surface area (Å²) in [6.45, 7) is 2.56. The molecule has 0 aliphatic carbocycles. The van der Waals surface area contributed by atoms with Crippen LogP contribution in [0.2, 0.25) is 10.0 Å². The molecule has 0 aliphatic rings. The highest BCUT2D eigenvalue weighted by Gasteiger charge is 2.18. The van der Waals surface area contributed by atoms with Gasteiger partial charge in [0.25, 0.3) is 0 Å². The van der Waals surface area contributed by atoms with Crippen LogP contribution < -0.4 is 10.1 Å². The van der Waals surface area contributed by atoms with Gasteiger partial charge in [0.15, 0.2) is 5.78 Å². The van der Waals surface area contributed by atoms with Crippen LogP contribution in [0.25, 0.3) is 0 Å². The number of rotatable bonds is 8. The largest absolute Gasteiger partial charge is 0.494 e. The molecule has 0 amide bonds. The van der Waals surface area contributed by atoms with Crippen LogP contribution in [0.3, 0.4) is 0 Å². The zero-order valence-electron chi connectivity index (χ0n) is 15.5. The van der Waals surface area contributed by atoms with Gasteiger partial charge >= 0.3 is 0 Å². The van der Waals surface area contributed by atoms with Crippen LogP contribution in [0.4, 0.5) is 5.69 Å². The number of anilines is 1. The Bertz CT molecular complexity index is 907. The molecule has 3 aromatic rings. The van der Waals surface area contributed by atoms with Crippen molar-refractivity contribution in [1.29, 1.82) is 0 Å². The molecule has 1 unspecified atom stereocenters. The fourth-order valence-electron chi connectivity index (χ4n) is 2.90. The summed E-state index contributed by atoms with van der Waals surface area (Å²) in [5.74, 6) is 0.845. The normalized spacial score (nSPS) is 11.7. The van der Waals surface area contributed by atoms with Gasteiger partial charge in [0.1, 0.15) is 5.75 Å². The highest BCUT2D eigenvalue weighted by atomic mass is 35.5. The van der Waals surface area contributed by atoms with E-state index in [1.807, 2.05) is 55.5 Å². The van der Waals surface area contributed by atoms with Crippen molar-refractivity contribution in [2.45, 2.75) is 19.4 Å². The van der Waals surface area contributed by atoms with E-state index in [9.17, 15) is 4.79 Å². The van der Waals surface area contributed by atoms with E-state index in [2.05, 4.69) is 5.32 Å². The number of benzene rings is 3. The zero-order valence-corrected chi connectivity index (χ0v) is 17.0. The molecular weight excluding hydrogens is 393 g/mol. The molecule has 3 rings (SSSR count). The lowest BCUT2D eigenvalue weighted by Crippen LogP contribution is -2.16. The van der Waals surface area contributed by atoms with Crippen molar-refractivity contribution >= 4 is 34.7 Å². The molecule has 1 N–H and O–H groups in total. The summed E-state index contributed by atoms with van der Waals surface area (Å²) in [5, 5.41) is 4.72. The van der Waals surface area contributed by atoms with Crippen molar-refractivity contribution < 1.29 is 9.53 Å². The van der Waals surface area contributed by atoms with E-state index in [0.717, 1.165) is 17.0 Å². The van der Waals surface area contributed by atoms with Crippen molar-refractivity contribution in [1.82, 2.24) is 0 Å². The number of carbonyl (C=O) groups excluding carboxylic acids is 1. The van der Waals surface area contributed by atoms with Crippen LogP contribution in [0, 0.1) is 0 Å². The van der Waals surface area contributed by atoms with Gasteiger partial charge < -0.3 is 10.1 Å². The maximum Gasteiger partial charge on any atom is 0.165 e. The van der Waals surface area contributed by atoms with Gasteiger partial charge in [-0.3, -0.25) is 4.79 Å². The quantitative estimate of drug-likeness (QED) is 0.411. The molecule has 0 bridgehead atoms. The molecule has 0 saturated heterocycles. The second-order valence-electron chi connectivity index (χ2n) is 6.34. The molecule has 3 aromatic carbocycles. The van der Waals surface area contributed by atoms with Gasteiger partial charge in [-0.25, -0.2) is 0 Å². The number of halogens is 2. The SMILES string of the molecule is CCOc1ccc(C(CC(=O)c2ccc(Cl)cc2)Nc2ccc(Cl)cc2)cc1. The topological polar surface area (TPSA) is 38.3 Å². The minimum atomic E-state index is -0.194. The maximum atomic E-state index is 12.8. The third-order valence-corrected chi connectivity index (χ3v) is 4.84. The van der Waals surface area contributed by atoms with E-state index in [0.29, 0.717) is 28.6 Å². The standard InChI is InChI=1S/C23H21Cl2NO2/c1-2-28-21-13-5-16(6-14-21)22(26-20-11-9-19(25)10-12-20)15-23(27)17-3-7-18(24)8-4-17/h3-14,22,26H,2,15H2,1H3. The van der Waals surface area contributed by atoms with Gasteiger partial charge in [-0.15, -0.1) is 0 Å². The first-order valence-electron chi connectivity index (χ1n) is 9.09. The molecule has 0 heterocycles. The molecule has 144 valence electrons. The monoisotopic (exact) mass is 413 g/mol. The van der Waals surface area contributed by atoms with E-state index in [1.54, 1.807) is 24.3 Å². The predicted octanol–water partition coefficient (Wildman–Crippen LogP) is 6.82. The Morgan fingerprint density at radius 3 is 2.04 bits per heavy atom. The summed E-state index contributed by atoms with van der Waals surface area (Å²) in [6.07, 6.45) is 0.304. The molecular formula is C23H21Cl2NO2. The smallest absolute Gasteiger partial charge is 0.165 e. The molecule has 0 aliphatic heterocycles. The van der Waals surface area contributed by atoms with Crippen LogP contribution in [-0.2, 0) is 0 Å². The van der Waals surface area contributed by atoms with Gasteiger partial charge in [0.2, 0.25) is 0 Å². The molecule has 0 spiro atoms. The molecule has 28 heavy (non-hydrogen) atoms. The summed E-state index contributed by atoms with van der Waals surface area (Å²) >= 11 is 11.9. The second-order valence-corrected chi connectivity index (χ2v) is 7.21. The average Bonchev–Trinajstić information content (AvgIpc) is 2.70. The maximum absolute atomic E-state index is 12.8. The molecule has 3 nitrogen and oxygen atoms in total. The van der Waals surface area contributed by atoms with Crippen molar-refractivity contribution in [3.05, 3.63) is 94.0 Å². The van der Waals surface area contributed by atoms with Crippen LogP contribution in [-0.4, -0.2) is 12.4 Å². The zero-order chi connectivity index (χ0) is 19.9. The Kier molecular flexibility index (Phi) is 6.96. The fraction of sp³-hybridized carbons (Fsp3) is 0.174. The number of ketones is 1. The Labute approximate surface area is 175 Å². The lowest BCUT2D eigenvalue weighted by molar-refractivity contribution is 0.0976. The number of ether oxygens (including phenoxy) is 1. The van der Waals surface area contributed by atoms with Gasteiger partial charge in [-0.05, 0) is 73.2 Å². The summed E-state index contributed by atoms with van der Waals surface area (Å²) in [4.78, 5) is 12.8. The second kappa shape index (κ2) is 9.63. The predicted molar refractivity (Wildman–Crippen MR) is 116 cm³/mol. The molecule has 0 aromatic heterocycles. The van der Waals surface area contributed by atoms with Gasteiger partial charge in [-0.2, -0.15) is 0 Å². The average molecular weight is 414 g/mol. The Morgan fingerprint density at radius 2 is 1.46 bits per heavy atom. The van der Waals surface area contributed by atoms with Crippen LogP contribution in [0.15, 0.2) is 72.8 Å². The minimum Gasteiger partial charge on any atom is -0.494 e. The van der Waals surface area contributed by atoms with E-state index in [1.165, 1.54) is 0 Å². The van der Waals surface area contributed by atoms with E-state index >= 15 is 0 Å². The highest BCUT2D eigenvalue weighted by Crippen LogP contribution is 2.27. The summed E-state index contributed by atoms with van der Waals surface area (Å²) in [6, 6.07) is 22.0.